The number of hydrogen-bond donors (Lipinski definition) is 1. The number of likely N-dealkylation sites (tertiary alicyclic amines) is 1. The lowest BCUT2D eigenvalue weighted by Gasteiger charge is -2.36. The van der Waals surface area contributed by atoms with Crippen molar-refractivity contribution in [1.29, 1.82) is 0 Å². The zero-order valence-corrected chi connectivity index (χ0v) is 11.3. The minimum Gasteiger partial charge on any atom is -0.341 e. The van der Waals surface area contributed by atoms with Gasteiger partial charge in [0, 0.05) is 18.4 Å². The Morgan fingerprint density at radius 2 is 2.06 bits per heavy atom. The molecule has 2 fully saturated rings. The number of hydrogen-bond acceptors (Lipinski definition) is 2. The minimum absolute atomic E-state index is 0.125. The van der Waals surface area contributed by atoms with Crippen LogP contribution in [0.4, 0.5) is 0 Å². The van der Waals surface area contributed by atoms with Gasteiger partial charge in [-0.25, -0.2) is 0 Å². The van der Waals surface area contributed by atoms with Crippen LogP contribution in [-0.4, -0.2) is 35.8 Å². The lowest BCUT2D eigenvalue weighted by molar-refractivity contribution is -0.129. The van der Waals surface area contributed by atoms with Gasteiger partial charge in [-0.3, -0.25) is 4.79 Å². The van der Waals surface area contributed by atoms with Crippen LogP contribution < -0.4 is 5.73 Å². The number of nitrogens with zero attached hydrogens (tertiary/aromatic N) is 1. The maximum atomic E-state index is 11.6. The topological polar surface area (TPSA) is 46.3 Å². The van der Waals surface area contributed by atoms with Crippen LogP contribution in [0.2, 0.25) is 0 Å². The van der Waals surface area contributed by atoms with Crippen molar-refractivity contribution in [2.45, 2.75) is 32.1 Å². The molecule has 1 aliphatic heterocycles. The normalized spacial score (nSPS) is 34.6. The molecule has 0 bridgehead atoms. The molecule has 4 heteroatoms. The molecular weight excluding hydrogens is 268 g/mol. The van der Waals surface area contributed by atoms with Crippen molar-refractivity contribution in [3.05, 3.63) is 0 Å². The number of alkyl halides is 1. The summed E-state index contributed by atoms with van der Waals surface area (Å²) in [6.45, 7) is 2.05. The molecule has 16 heavy (non-hydrogen) atoms. The van der Waals surface area contributed by atoms with Gasteiger partial charge in [-0.05, 0) is 43.4 Å². The van der Waals surface area contributed by atoms with Gasteiger partial charge in [0.15, 0.2) is 0 Å². The third-order valence-corrected chi connectivity index (χ3v) is 5.27. The molecule has 1 saturated heterocycles. The van der Waals surface area contributed by atoms with Crippen LogP contribution in [0.25, 0.3) is 0 Å². The van der Waals surface area contributed by atoms with Gasteiger partial charge in [0.1, 0.15) is 0 Å². The van der Waals surface area contributed by atoms with Gasteiger partial charge >= 0.3 is 0 Å². The van der Waals surface area contributed by atoms with E-state index in [1.165, 1.54) is 32.1 Å². The summed E-state index contributed by atoms with van der Waals surface area (Å²) in [6.07, 6.45) is 6.40. The smallest absolute Gasteiger partial charge is 0.236 e. The number of halogens is 1. The summed E-state index contributed by atoms with van der Waals surface area (Å²) in [5, 5.41) is 1.13. The molecule has 0 aromatic rings. The van der Waals surface area contributed by atoms with E-state index in [9.17, 15) is 4.79 Å². The lowest BCUT2D eigenvalue weighted by Crippen LogP contribution is -2.37. The number of rotatable bonds is 2. The Kier molecular flexibility index (Phi) is 3.90. The molecule has 0 aromatic carbocycles. The Morgan fingerprint density at radius 1 is 1.38 bits per heavy atom. The summed E-state index contributed by atoms with van der Waals surface area (Å²) in [7, 11) is 0. The molecule has 0 unspecified atom stereocenters. The van der Waals surface area contributed by atoms with E-state index >= 15 is 0 Å². The van der Waals surface area contributed by atoms with Crippen molar-refractivity contribution in [3.63, 3.8) is 0 Å². The molecule has 0 radical (unpaired) electrons. The van der Waals surface area contributed by atoms with E-state index in [1.807, 2.05) is 4.90 Å². The lowest BCUT2D eigenvalue weighted by atomic mass is 9.70. The van der Waals surface area contributed by atoms with E-state index in [0.29, 0.717) is 5.41 Å². The highest BCUT2D eigenvalue weighted by Gasteiger charge is 2.41. The van der Waals surface area contributed by atoms with Gasteiger partial charge in [0.2, 0.25) is 5.91 Å². The molecule has 1 saturated carbocycles. The Balaban J connectivity index is 1.90. The van der Waals surface area contributed by atoms with Crippen LogP contribution in [0.3, 0.4) is 0 Å². The third kappa shape index (κ3) is 2.43. The number of amides is 1. The van der Waals surface area contributed by atoms with Crippen LogP contribution >= 0.6 is 15.9 Å². The van der Waals surface area contributed by atoms with Crippen molar-refractivity contribution >= 4 is 21.8 Å². The largest absolute Gasteiger partial charge is 0.341 e. The molecule has 1 amide bonds. The summed E-state index contributed by atoms with van der Waals surface area (Å²) >= 11 is 3.57. The van der Waals surface area contributed by atoms with Crippen molar-refractivity contribution in [1.82, 2.24) is 4.90 Å². The highest BCUT2D eigenvalue weighted by atomic mass is 79.9. The molecule has 2 aliphatic rings. The highest BCUT2D eigenvalue weighted by Crippen LogP contribution is 2.45. The summed E-state index contributed by atoms with van der Waals surface area (Å²) in [5.41, 5.74) is 5.85. The van der Waals surface area contributed by atoms with Crippen molar-refractivity contribution in [2.24, 2.45) is 17.1 Å². The van der Waals surface area contributed by atoms with Crippen LogP contribution in [0.15, 0.2) is 0 Å². The summed E-state index contributed by atoms with van der Waals surface area (Å²) in [4.78, 5) is 13.5. The van der Waals surface area contributed by atoms with Crippen molar-refractivity contribution in [2.75, 3.05) is 25.0 Å². The van der Waals surface area contributed by atoms with Gasteiger partial charge < -0.3 is 10.6 Å². The van der Waals surface area contributed by atoms with E-state index in [0.717, 1.165) is 24.3 Å². The second-order valence-corrected chi connectivity index (χ2v) is 6.01. The van der Waals surface area contributed by atoms with Crippen LogP contribution in [0.1, 0.15) is 32.1 Å². The second kappa shape index (κ2) is 5.05. The first kappa shape index (κ1) is 12.4. The van der Waals surface area contributed by atoms with Gasteiger partial charge in [-0.2, -0.15) is 0 Å². The van der Waals surface area contributed by atoms with E-state index < -0.39 is 0 Å². The molecule has 2 rings (SSSR count). The van der Waals surface area contributed by atoms with Crippen LogP contribution in [-0.2, 0) is 4.79 Å². The average Bonchev–Trinajstić information content (AvgIpc) is 2.73. The summed E-state index contributed by atoms with van der Waals surface area (Å²) in [5.74, 6) is 0.976. The zero-order valence-electron chi connectivity index (χ0n) is 9.75. The molecule has 1 aliphatic carbocycles. The fraction of sp³-hybridized carbons (Fsp3) is 0.917. The maximum absolute atomic E-state index is 11.6. The maximum Gasteiger partial charge on any atom is 0.236 e. The zero-order chi connectivity index (χ0) is 11.6. The predicted octanol–water partition coefficient (Wildman–Crippen LogP) is 1.75. The van der Waals surface area contributed by atoms with Crippen molar-refractivity contribution < 1.29 is 4.79 Å². The van der Waals surface area contributed by atoms with E-state index in [2.05, 4.69) is 15.9 Å². The standard InChI is InChI=1S/C12H21BrN2O/c13-7-10-1-3-12(4-2-10)5-6-15(9-12)11(16)8-14/h10H,1-9,14H2. The van der Waals surface area contributed by atoms with Gasteiger partial charge in [-0.15, -0.1) is 0 Å². The third-order valence-electron chi connectivity index (χ3n) is 4.35. The van der Waals surface area contributed by atoms with Gasteiger partial charge in [-0.1, -0.05) is 15.9 Å². The number of nitrogens with two attached hydrogens (primary N) is 1. The monoisotopic (exact) mass is 288 g/mol. The average molecular weight is 289 g/mol. The van der Waals surface area contributed by atoms with Crippen molar-refractivity contribution in [3.8, 4) is 0 Å². The van der Waals surface area contributed by atoms with Crippen LogP contribution in [0.5, 0.6) is 0 Å². The number of carbonyl (C=O) groups is 1. The van der Waals surface area contributed by atoms with E-state index in [1.54, 1.807) is 0 Å². The van der Waals surface area contributed by atoms with Gasteiger partial charge in [0.25, 0.3) is 0 Å². The first-order valence-electron chi connectivity index (χ1n) is 6.23. The minimum atomic E-state index is 0.125. The van der Waals surface area contributed by atoms with Crippen LogP contribution in [0, 0.1) is 11.3 Å². The second-order valence-electron chi connectivity index (χ2n) is 5.37. The van der Waals surface area contributed by atoms with Gasteiger partial charge in [0.05, 0.1) is 6.54 Å². The fourth-order valence-corrected chi connectivity index (χ4v) is 3.78. The molecule has 1 spiro atoms. The number of carbonyl (C=O) groups excluding carboxylic acids is 1. The Hall–Kier alpha value is -0.0900. The molecule has 1 heterocycles. The molecular formula is C12H21BrN2O. The Labute approximate surface area is 106 Å². The summed E-state index contributed by atoms with van der Waals surface area (Å²) in [6, 6.07) is 0. The van der Waals surface area contributed by atoms with E-state index in [-0.39, 0.29) is 12.5 Å². The highest BCUT2D eigenvalue weighted by molar-refractivity contribution is 9.09. The molecule has 0 aromatic heterocycles. The fourth-order valence-electron chi connectivity index (χ4n) is 3.13. The van der Waals surface area contributed by atoms with E-state index in [4.69, 9.17) is 5.73 Å². The SMILES string of the molecule is NCC(=O)N1CCC2(CCC(CBr)CC2)C1. The predicted molar refractivity (Wildman–Crippen MR) is 68.4 cm³/mol. The summed E-state index contributed by atoms with van der Waals surface area (Å²) < 4.78 is 0. The molecule has 2 N–H and O–H groups in total. The molecule has 0 atom stereocenters. The quantitative estimate of drug-likeness (QED) is 0.787. The first-order chi connectivity index (χ1) is 7.69. The first-order valence-corrected chi connectivity index (χ1v) is 7.35. The Bertz CT molecular complexity index is 262. The Morgan fingerprint density at radius 3 is 2.62 bits per heavy atom. The molecule has 3 nitrogen and oxygen atoms in total. The molecule has 92 valence electrons.